The van der Waals surface area contributed by atoms with Gasteiger partial charge in [-0.15, -0.1) is 0 Å². The Bertz CT molecular complexity index is 770. The number of carbonyl (C=O) groups excluding carboxylic acids is 1. The van der Waals surface area contributed by atoms with Crippen LogP contribution in [0.4, 0.5) is 23.7 Å². The third-order valence-electron chi connectivity index (χ3n) is 4.48. The monoisotopic (exact) mass is 397 g/mol. The maximum atomic E-state index is 12.6. The zero-order valence-electron chi connectivity index (χ0n) is 14.5. The van der Waals surface area contributed by atoms with Crippen molar-refractivity contribution in [2.45, 2.75) is 12.7 Å². The van der Waals surface area contributed by atoms with Crippen LogP contribution in [0.1, 0.15) is 11.1 Å². The van der Waals surface area contributed by atoms with Crippen LogP contribution in [0.25, 0.3) is 0 Å². The number of anilines is 1. The van der Waals surface area contributed by atoms with E-state index in [4.69, 9.17) is 11.6 Å². The van der Waals surface area contributed by atoms with Crippen LogP contribution < -0.4 is 10.2 Å². The molecule has 3 rings (SSSR count). The topological polar surface area (TPSA) is 35.6 Å². The number of benzene rings is 2. The summed E-state index contributed by atoms with van der Waals surface area (Å²) in [5.41, 5.74) is 1.02. The maximum Gasteiger partial charge on any atom is 0.416 e. The maximum absolute atomic E-state index is 12.6. The van der Waals surface area contributed by atoms with Gasteiger partial charge >= 0.3 is 12.2 Å². The lowest BCUT2D eigenvalue weighted by Gasteiger charge is -2.36. The molecule has 2 aromatic rings. The number of hydrogen-bond acceptors (Lipinski definition) is 2. The third-order valence-corrected chi connectivity index (χ3v) is 4.74. The van der Waals surface area contributed by atoms with Crippen molar-refractivity contribution < 1.29 is 18.0 Å². The molecule has 2 aromatic carbocycles. The first-order chi connectivity index (χ1) is 12.8. The highest BCUT2D eigenvalue weighted by Crippen LogP contribution is 2.30. The van der Waals surface area contributed by atoms with Gasteiger partial charge in [0.1, 0.15) is 0 Å². The van der Waals surface area contributed by atoms with Crippen LogP contribution in [0.5, 0.6) is 0 Å². The number of urea groups is 1. The van der Waals surface area contributed by atoms with E-state index in [0.717, 1.165) is 23.4 Å². The molecule has 1 fully saturated rings. The number of nitrogens with one attached hydrogen (secondary N) is 1. The molecule has 0 aromatic heterocycles. The molecule has 0 saturated carbocycles. The number of carbonyl (C=O) groups is 1. The first-order valence-electron chi connectivity index (χ1n) is 8.52. The van der Waals surface area contributed by atoms with E-state index in [0.29, 0.717) is 37.7 Å². The second-order valence-electron chi connectivity index (χ2n) is 6.30. The molecule has 0 atom stereocenters. The molecule has 2 amide bonds. The predicted octanol–water partition coefficient (Wildman–Crippen LogP) is 4.39. The van der Waals surface area contributed by atoms with Gasteiger partial charge in [0, 0.05) is 43.4 Å². The molecular formula is C19H19ClF3N3O. The van der Waals surface area contributed by atoms with Crippen molar-refractivity contribution in [3.05, 3.63) is 64.7 Å². The van der Waals surface area contributed by atoms with Gasteiger partial charge in [-0.05, 0) is 42.0 Å². The second-order valence-corrected chi connectivity index (χ2v) is 6.74. The standard InChI is InChI=1S/C19H19ClF3N3O/c20-16-5-1-14(2-6-16)13-24-18(27)26-11-9-25(10-12-26)17-7-3-15(4-8-17)19(21,22)23/h1-8H,9-13H2,(H,24,27). The Morgan fingerprint density at radius 2 is 1.56 bits per heavy atom. The molecule has 144 valence electrons. The first kappa shape index (κ1) is 19.4. The van der Waals surface area contributed by atoms with E-state index < -0.39 is 11.7 Å². The molecule has 0 unspecified atom stereocenters. The summed E-state index contributed by atoms with van der Waals surface area (Å²) in [7, 11) is 0. The Labute approximate surface area is 160 Å². The molecule has 1 aliphatic heterocycles. The van der Waals surface area contributed by atoms with Gasteiger partial charge in [0.15, 0.2) is 0 Å². The number of hydrogen-bond donors (Lipinski definition) is 1. The van der Waals surface area contributed by atoms with Crippen molar-refractivity contribution in [3.63, 3.8) is 0 Å². The molecule has 1 heterocycles. The smallest absolute Gasteiger partial charge is 0.368 e. The lowest BCUT2D eigenvalue weighted by Crippen LogP contribution is -2.51. The highest BCUT2D eigenvalue weighted by molar-refractivity contribution is 6.30. The van der Waals surface area contributed by atoms with Gasteiger partial charge in [-0.2, -0.15) is 13.2 Å². The van der Waals surface area contributed by atoms with Crippen molar-refractivity contribution in [2.24, 2.45) is 0 Å². The minimum absolute atomic E-state index is 0.156. The highest BCUT2D eigenvalue weighted by Gasteiger charge is 2.30. The SMILES string of the molecule is O=C(NCc1ccc(Cl)cc1)N1CCN(c2ccc(C(F)(F)F)cc2)CC1. The van der Waals surface area contributed by atoms with Gasteiger partial charge in [-0.25, -0.2) is 4.79 Å². The normalized spacial score (nSPS) is 15.0. The van der Waals surface area contributed by atoms with E-state index >= 15 is 0 Å². The van der Waals surface area contributed by atoms with Crippen LogP contribution in [0.2, 0.25) is 5.02 Å². The van der Waals surface area contributed by atoms with E-state index in [9.17, 15) is 18.0 Å². The quantitative estimate of drug-likeness (QED) is 0.833. The molecule has 1 aliphatic rings. The fourth-order valence-electron chi connectivity index (χ4n) is 2.92. The average molecular weight is 398 g/mol. The third kappa shape index (κ3) is 5.07. The van der Waals surface area contributed by atoms with Gasteiger partial charge in [0.25, 0.3) is 0 Å². The molecule has 1 saturated heterocycles. The summed E-state index contributed by atoms with van der Waals surface area (Å²) in [6, 6.07) is 12.2. The molecule has 0 bridgehead atoms. The van der Waals surface area contributed by atoms with Gasteiger partial charge < -0.3 is 15.1 Å². The minimum Gasteiger partial charge on any atom is -0.368 e. The fraction of sp³-hybridized carbons (Fsp3) is 0.316. The van der Waals surface area contributed by atoms with Crippen LogP contribution in [0.3, 0.4) is 0 Å². The van der Waals surface area contributed by atoms with Gasteiger partial charge in [-0.3, -0.25) is 0 Å². The number of halogens is 4. The summed E-state index contributed by atoms with van der Waals surface area (Å²) in [6.07, 6.45) is -4.33. The molecule has 4 nitrogen and oxygen atoms in total. The van der Waals surface area contributed by atoms with Crippen molar-refractivity contribution in [1.29, 1.82) is 0 Å². The molecular weight excluding hydrogens is 379 g/mol. The van der Waals surface area contributed by atoms with Gasteiger partial charge in [-0.1, -0.05) is 23.7 Å². The summed E-state index contributed by atoms with van der Waals surface area (Å²) < 4.78 is 37.9. The summed E-state index contributed by atoms with van der Waals surface area (Å²) >= 11 is 5.84. The van der Waals surface area contributed by atoms with Crippen molar-refractivity contribution >= 4 is 23.3 Å². The van der Waals surface area contributed by atoms with E-state index in [1.807, 2.05) is 17.0 Å². The van der Waals surface area contributed by atoms with E-state index in [2.05, 4.69) is 5.32 Å². The fourth-order valence-corrected chi connectivity index (χ4v) is 3.05. The summed E-state index contributed by atoms with van der Waals surface area (Å²) in [6.45, 7) is 2.57. The lowest BCUT2D eigenvalue weighted by molar-refractivity contribution is -0.137. The summed E-state index contributed by atoms with van der Waals surface area (Å²) in [4.78, 5) is 16.0. The molecule has 0 spiro atoms. The number of nitrogens with zero attached hydrogens (tertiary/aromatic N) is 2. The van der Waals surface area contributed by atoms with Crippen molar-refractivity contribution in [2.75, 3.05) is 31.1 Å². The molecule has 8 heteroatoms. The Balaban J connectivity index is 1.49. The van der Waals surface area contributed by atoms with Gasteiger partial charge in [0.2, 0.25) is 0 Å². The van der Waals surface area contributed by atoms with Gasteiger partial charge in [0.05, 0.1) is 5.56 Å². The zero-order valence-corrected chi connectivity index (χ0v) is 15.2. The highest BCUT2D eigenvalue weighted by atomic mass is 35.5. The number of alkyl halides is 3. The largest absolute Gasteiger partial charge is 0.416 e. The predicted molar refractivity (Wildman–Crippen MR) is 98.9 cm³/mol. The van der Waals surface area contributed by atoms with Crippen molar-refractivity contribution in [1.82, 2.24) is 10.2 Å². The number of amides is 2. The minimum atomic E-state index is -4.33. The van der Waals surface area contributed by atoms with E-state index in [1.54, 1.807) is 17.0 Å². The van der Waals surface area contributed by atoms with Crippen LogP contribution in [-0.4, -0.2) is 37.1 Å². The second kappa shape index (κ2) is 8.08. The van der Waals surface area contributed by atoms with Crippen LogP contribution in [0.15, 0.2) is 48.5 Å². The van der Waals surface area contributed by atoms with Crippen LogP contribution in [0, 0.1) is 0 Å². The molecule has 0 aliphatic carbocycles. The molecule has 27 heavy (non-hydrogen) atoms. The summed E-state index contributed by atoms with van der Waals surface area (Å²) in [5.74, 6) is 0. The Morgan fingerprint density at radius 3 is 2.11 bits per heavy atom. The lowest BCUT2D eigenvalue weighted by atomic mass is 10.1. The van der Waals surface area contributed by atoms with Crippen molar-refractivity contribution in [3.8, 4) is 0 Å². The Kier molecular flexibility index (Phi) is 5.79. The Morgan fingerprint density at radius 1 is 0.963 bits per heavy atom. The molecule has 0 radical (unpaired) electrons. The molecule has 1 N–H and O–H groups in total. The zero-order chi connectivity index (χ0) is 19.4. The average Bonchev–Trinajstić information content (AvgIpc) is 2.67. The number of rotatable bonds is 3. The van der Waals surface area contributed by atoms with E-state index in [1.165, 1.54) is 12.1 Å². The van der Waals surface area contributed by atoms with Crippen LogP contribution >= 0.6 is 11.6 Å². The number of piperazine rings is 1. The summed E-state index contributed by atoms with van der Waals surface area (Å²) in [5, 5.41) is 3.51. The Hall–Kier alpha value is -2.41. The van der Waals surface area contributed by atoms with Crippen LogP contribution in [-0.2, 0) is 12.7 Å². The van der Waals surface area contributed by atoms with E-state index in [-0.39, 0.29) is 6.03 Å². The first-order valence-corrected chi connectivity index (χ1v) is 8.90.